The second-order valence-corrected chi connectivity index (χ2v) is 3.89. The molecule has 0 bridgehead atoms. The Hall–Kier alpha value is -1.42. The molecule has 1 aromatic carbocycles. The number of ether oxygens (including phenoxy) is 1. The number of aliphatic carboxylic acids is 1. The van der Waals surface area contributed by atoms with Crippen LogP contribution in [0.25, 0.3) is 0 Å². The lowest BCUT2D eigenvalue weighted by atomic mass is 9.91. The zero-order chi connectivity index (χ0) is 11.5. The van der Waals surface area contributed by atoms with E-state index in [0.29, 0.717) is 13.0 Å². The van der Waals surface area contributed by atoms with Crippen LogP contribution in [-0.2, 0) is 9.53 Å². The van der Waals surface area contributed by atoms with E-state index in [4.69, 9.17) is 9.84 Å². The molecule has 0 aromatic heterocycles. The topological polar surface area (TPSA) is 46.5 Å². The fourth-order valence-electron chi connectivity index (χ4n) is 2.09. The average Bonchev–Trinajstić information content (AvgIpc) is 2.74. The van der Waals surface area contributed by atoms with Gasteiger partial charge < -0.3 is 9.84 Å². The van der Waals surface area contributed by atoms with Crippen LogP contribution in [0.5, 0.6) is 0 Å². The summed E-state index contributed by atoms with van der Waals surface area (Å²) in [4.78, 5) is 11.2. The van der Waals surface area contributed by atoms with Gasteiger partial charge in [-0.2, -0.15) is 0 Å². The number of halogens is 1. The van der Waals surface area contributed by atoms with E-state index in [9.17, 15) is 9.18 Å². The predicted octanol–water partition coefficient (Wildman–Crippen LogP) is 2.17. The monoisotopic (exact) mass is 224 g/mol. The Bertz CT molecular complexity index is 386. The number of benzene rings is 1. The first-order chi connectivity index (χ1) is 7.70. The minimum Gasteiger partial charge on any atom is -0.481 e. The van der Waals surface area contributed by atoms with Gasteiger partial charge in [0.2, 0.25) is 0 Å². The maximum Gasteiger partial charge on any atom is 0.313 e. The number of hydrogen-bond acceptors (Lipinski definition) is 2. The van der Waals surface area contributed by atoms with Crippen LogP contribution >= 0.6 is 0 Å². The molecule has 4 heteroatoms. The molecular formula is C12H13FO3. The van der Waals surface area contributed by atoms with Crippen LogP contribution in [0.3, 0.4) is 0 Å². The second kappa shape index (κ2) is 4.61. The quantitative estimate of drug-likeness (QED) is 0.855. The van der Waals surface area contributed by atoms with Crippen LogP contribution in [-0.4, -0.2) is 23.8 Å². The molecule has 0 saturated carbocycles. The summed E-state index contributed by atoms with van der Waals surface area (Å²) >= 11 is 0. The van der Waals surface area contributed by atoms with Crippen molar-refractivity contribution < 1.29 is 19.0 Å². The Morgan fingerprint density at radius 3 is 2.81 bits per heavy atom. The third kappa shape index (κ3) is 2.07. The van der Waals surface area contributed by atoms with Gasteiger partial charge in [-0.05, 0) is 18.9 Å². The molecule has 1 saturated heterocycles. The zero-order valence-electron chi connectivity index (χ0n) is 8.73. The molecule has 1 fully saturated rings. The zero-order valence-corrected chi connectivity index (χ0v) is 8.73. The molecule has 0 aliphatic carbocycles. The van der Waals surface area contributed by atoms with Crippen molar-refractivity contribution in [1.29, 1.82) is 0 Å². The van der Waals surface area contributed by atoms with E-state index in [2.05, 4.69) is 0 Å². The van der Waals surface area contributed by atoms with Crippen molar-refractivity contribution in [3.8, 4) is 0 Å². The van der Waals surface area contributed by atoms with Crippen LogP contribution in [0.2, 0.25) is 0 Å². The van der Waals surface area contributed by atoms with Crippen LogP contribution in [0.1, 0.15) is 24.3 Å². The van der Waals surface area contributed by atoms with Crippen LogP contribution in [0, 0.1) is 5.82 Å². The summed E-state index contributed by atoms with van der Waals surface area (Å²) in [6.45, 7) is 0.558. The van der Waals surface area contributed by atoms with Gasteiger partial charge in [0.15, 0.2) is 0 Å². The largest absolute Gasteiger partial charge is 0.481 e. The summed E-state index contributed by atoms with van der Waals surface area (Å²) in [6, 6.07) is 5.98. The highest BCUT2D eigenvalue weighted by molar-refractivity contribution is 5.77. The summed E-state index contributed by atoms with van der Waals surface area (Å²) in [6.07, 6.45) is 1.10. The molecule has 2 atom stereocenters. The van der Waals surface area contributed by atoms with Crippen LogP contribution in [0.15, 0.2) is 24.3 Å². The normalized spacial score (nSPS) is 21.9. The fraction of sp³-hybridized carbons (Fsp3) is 0.417. The smallest absolute Gasteiger partial charge is 0.313 e. The highest BCUT2D eigenvalue weighted by Crippen LogP contribution is 2.30. The SMILES string of the molecule is O=C(O)C(c1ccccc1F)C1CCCO1. The molecule has 0 spiro atoms. The lowest BCUT2D eigenvalue weighted by Gasteiger charge is -2.19. The number of hydrogen-bond donors (Lipinski definition) is 1. The van der Waals surface area contributed by atoms with Crippen molar-refractivity contribution in [3.05, 3.63) is 35.6 Å². The third-order valence-electron chi connectivity index (χ3n) is 2.84. The Morgan fingerprint density at radius 2 is 2.25 bits per heavy atom. The van der Waals surface area contributed by atoms with Crippen LogP contribution in [0.4, 0.5) is 4.39 Å². The molecular weight excluding hydrogens is 211 g/mol. The molecule has 2 rings (SSSR count). The van der Waals surface area contributed by atoms with E-state index in [1.807, 2.05) is 0 Å². The number of rotatable bonds is 3. The fourth-order valence-corrected chi connectivity index (χ4v) is 2.09. The van der Waals surface area contributed by atoms with Gasteiger partial charge in [-0.3, -0.25) is 4.79 Å². The van der Waals surface area contributed by atoms with E-state index in [0.717, 1.165) is 6.42 Å². The van der Waals surface area contributed by atoms with E-state index in [1.54, 1.807) is 12.1 Å². The van der Waals surface area contributed by atoms with Crippen molar-refractivity contribution in [2.45, 2.75) is 24.9 Å². The molecule has 1 aliphatic heterocycles. The van der Waals surface area contributed by atoms with Crippen molar-refractivity contribution in [1.82, 2.24) is 0 Å². The van der Waals surface area contributed by atoms with Gasteiger partial charge in [0.1, 0.15) is 11.7 Å². The Kier molecular flexibility index (Phi) is 3.19. The van der Waals surface area contributed by atoms with Crippen molar-refractivity contribution >= 4 is 5.97 Å². The minimum absolute atomic E-state index is 0.210. The maximum absolute atomic E-state index is 13.5. The second-order valence-electron chi connectivity index (χ2n) is 3.89. The van der Waals surface area contributed by atoms with Crippen LogP contribution < -0.4 is 0 Å². The molecule has 1 aliphatic rings. The van der Waals surface area contributed by atoms with Gasteiger partial charge >= 0.3 is 5.97 Å². The first kappa shape index (κ1) is 11.1. The molecule has 0 radical (unpaired) electrons. The van der Waals surface area contributed by atoms with Gasteiger partial charge in [-0.25, -0.2) is 4.39 Å². The summed E-state index contributed by atoms with van der Waals surface area (Å²) in [7, 11) is 0. The Morgan fingerprint density at radius 1 is 1.50 bits per heavy atom. The minimum atomic E-state index is -1.03. The lowest BCUT2D eigenvalue weighted by molar-refractivity contribution is -0.142. The Balaban J connectivity index is 2.32. The van der Waals surface area contributed by atoms with E-state index in [-0.39, 0.29) is 5.56 Å². The third-order valence-corrected chi connectivity index (χ3v) is 2.84. The maximum atomic E-state index is 13.5. The molecule has 1 aromatic rings. The van der Waals surface area contributed by atoms with Gasteiger partial charge in [0.05, 0.1) is 6.10 Å². The number of carbonyl (C=O) groups is 1. The van der Waals surface area contributed by atoms with Crippen molar-refractivity contribution in [2.75, 3.05) is 6.61 Å². The van der Waals surface area contributed by atoms with Gasteiger partial charge in [-0.15, -0.1) is 0 Å². The van der Waals surface area contributed by atoms with Crippen molar-refractivity contribution in [2.24, 2.45) is 0 Å². The Labute approximate surface area is 92.9 Å². The summed E-state index contributed by atoms with van der Waals surface area (Å²) in [5.41, 5.74) is 0.210. The summed E-state index contributed by atoms with van der Waals surface area (Å²) in [5, 5.41) is 9.16. The molecule has 2 unspecified atom stereocenters. The first-order valence-corrected chi connectivity index (χ1v) is 5.29. The molecule has 16 heavy (non-hydrogen) atoms. The summed E-state index contributed by atoms with van der Waals surface area (Å²) in [5.74, 6) is -2.41. The molecule has 1 heterocycles. The van der Waals surface area contributed by atoms with E-state index >= 15 is 0 Å². The first-order valence-electron chi connectivity index (χ1n) is 5.29. The predicted molar refractivity (Wildman–Crippen MR) is 55.8 cm³/mol. The highest BCUT2D eigenvalue weighted by atomic mass is 19.1. The van der Waals surface area contributed by atoms with Gasteiger partial charge in [0, 0.05) is 12.2 Å². The molecule has 0 amide bonds. The average molecular weight is 224 g/mol. The van der Waals surface area contributed by atoms with E-state index < -0.39 is 23.8 Å². The molecule has 86 valence electrons. The highest BCUT2D eigenvalue weighted by Gasteiger charge is 2.34. The summed E-state index contributed by atoms with van der Waals surface area (Å²) < 4.78 is 18.9. The van der Waals surface area contributed by atoms with Crippen molar-refractivity contribution in [3.63, 3.8) is 0 Å². The number of carboxylic acids is 1. The molecule has 1 N–H and O–H groups in total. The standard InChI is InChI=1S/C12H13FO3/c13-9-5-2-1-4-8(9)11(12(14)15)10-6-3-7-16-10/h1-2,4-5,10-11H,3,6-7H2,(H,14,15). The van der Waals surface area contributed by atoms with E-state index in [1.165, 1.54) is 12.1 Å². The number of carboxylic acid groups (broad SMARTS) is 1. The molecule has 3 nitrogen and oxygen atoms in total. The lowest BCUT2D eigenvalue weighted by Crippen LogP contribution is -2.26. The van der Waals surface area contributed by atoms with Gasteiger partial charge in [0.25, 0.3) is 0 Å². The van der Waals surface area contributed by atoms with Gasteiger partial charge in [-0.1, -0.05) is 18.2 Å².